The molecule has 25 heavy (non-hydrogen) atoms. The number of hydrogen-bond donors (Lipinski definition) is 1. The average molecular weight is 342 g/mol. The molecule has 2 aliphatic rings. The Bertz CT molecular complexity index is 708. The van der Waals surface area contributed by atoms with Crippen LogP contribution in [0.25, 0.3) is 0 Å². The van der Waals surface area contributed by atoms with Gasteiger partial charge in [-0.1, -0.05) is 12.1 Å². The molecule has 1 N–H and O–H groups in total. The summed E-state index contributed by atoms with van der Waals surface area (Å²) in [5.74, 6) is 0.978. The third-order valence-electron chi connectivity index (χ3n) is 5.35. The van der Waals surface area contributed by atoms with Gasteiger partial charge in [-0.3, -0.25) is 9.69 Å². The van der Waals surface area contributed by atoms with E-state index in [1.165, 1.54) is 25.0 Å². The fourth-order valence-electron chi connectivity index (χ4n) is 3.84. The van der Waals surface area contributed by atoms with Gasteiger partial charge in [-0.2, -0.15) is 0 Å². The predicted molar refractivity (Wildman–Crippen MR) is 92.5 cm³/mol. The first-order valence-electron chi connectivity index (χ1n) is 9.03. The number of hydrogen-bond acceptors (Lipinski definition) is 3. The Balaban J connectivity index is 1.35. The molecule has 5 heteroatoms. The van der Waals surface area contributed by atoms with Crippen molar-refractivity contribution in [2.24, 2.45) is 5.92 Å². The van der Waals surface area contributed by atoms with Gasteiger partial charge in [0.1, 0.15) is 11.6 Å². The van der Waals surface area contributed by atoms with Crippen LogP contribution in [0.4, 0.5) is 4.39 Å². The lowest BCUT2D eigenvalue weighted by Gasteiger charge is -2.26. The molecular formula is C20H23FN2O2. The van der Waals surface area contributed by atoms with Crippen molar-refractivity contribution in [2.75, 3.05) is 19.6 Å². The molecule has 1 aromatic heterocycles. The molecule has 2 fully saturated rings. The average Bonchev–Trinajstić information content (AvgIpc) is 3.02. The lowest BCUT2D eigenvalue weighted by molar-refractivity contribution is -0.122. The van der Waals surface area contributed by atoms with Crippen LogP contribution >= 0.6 is 0 Å². The molecule has 0 spiro atoms. The Morgan fingerprint density at radius 2 is 2.00 bits per heavy atom. The first kappa shape index (κ1) is 16.3. The molecule has 1 amide bonds. The Morgan fingerprint density at radius 3 is 2.68 bits per heavy atom. The second-order valence-corrected chi connectivity index (χ2v) is 7.02. The predicted octanol–water partition coefficient (Wildman–Crippen LogP) is 3.48. The Morgan fingerprint density at radius 1 is 1.24 bits per heavy atom. The van der Waals surface area contributed by atoms with Crippen molar-refractivity contribution in [3.8, 4) is 0 Å². The van der Waals surface area contributed by atoms with E-state index >= 15 is 0 Å². The molecule has 1 aliphatic carbocycles. The minimum atomic E-state index is -0.239. The standard InChI is InChI=1S/C20H23FN2O2/c21-15-7-5-14(6-8-15)16-12-17(16)20(24)22-13-18(19-4-3-11-25-19)23-9-1-2-10-23/h3-8,11,16-18H,1-2,9-10,12-13H2,(H,22,24)/t16-,17-,18-/m1/s1. The molecule has 1 saturated heterocycles. The van der Waals surface area contributed by atoms with Crippen molar-refractivity contribution >= 4 is 5.91 Å². The second kappa shape index (κ2) is 7.00. The molecule has 0 radical (unpaired) electrons. The number of likely N-dealkylation sites (tertiary alicyclic amines) is 1. The van der Waals surface area contributed by atoms with Crippen molar-refractivity contribution in [1.29, 1.82) is 0 Å². The van der Waals surface area contributed by atoms with E-state index < -0.39 is 0 Å². The van der Waals surface area contributed by atoms with E-state index in [2.05, 4.69) is 10.2 Å². The molecule has 2 aromatic rings. The third kappa shape index (κ3) is 3.61. The van der Waals surface area contributed by atoms with Crippen LogP contribution in [0, 0.1) is 11.7 Å². The molecule has 1 aliphatic heterocycles. The minimum Gasteiger partial charge on any atom is -0.468 e. The number of amides is 1. The summed E-state index contributed by atoms with van der Waals surface area (Å²) in [5, 5.41) is 3.11. The Labute approximate surface area is 147 Å². The Hall–Kier alpha value is -2.14. The van der Waals surface area contributed by atoms with Crippen LogP contribution in [-0.4, -0.2) is 30.4 Å². The molecule has 0 bridgehead atoms. The van der Waals surface area contributed by atoms with E-state index in [-0.39, 0.29) is 29.6 Å². The van der Waals surface area contributed by atoms with Crippen molar-refractivity contribution in [1.82, 2.24) is 10.2 Å². The molecule has 4 nitrogen and oxygen atoms in total. The number of halogens is 1. The fourth-order valence-corrected chi connectivity index (χ4v) is 3.84. The quantitative estimate of drug-likeness (QED) is 0.874. The van der Waals surface area contributed by atoms with Crippen molar-refractivity contribution in [3.63, 3.8) is 0 Å². The van der Waals surface area contributed by atoms with Crippen LogP contribution in [0.5, 0.6) is 0 Å². The summed E-state index contributed by atoms with van der Waals surface area (Å²) in [6, 6.07) is 10.5. The molecular weight excluding hydrogens is 319 g/mol. The van der Waals surface area contributed by atoms with Gasteiger partial charge in [0.15, 0.2) is 0 Å². The van der Waals surface area contributed by atoms with Crippen molar-refractivity contribution < 1.29 is 13.6 Å². The number of carbonyl (C=O) groups is 1. The SMILES string of the molecule is O=C(NC[C@H](c1ccco1)N1CCCC1)[C@@H]1C[C@@H]1c1ccc(F)cc1. The minimum absolute atomic E-state index is 0.00119. The normalized spacial score (nSPS) is 24.2. The summed E-state index contributed by atoms with van der Waals surface area (Å²) in [6.07, 6.45) is 4.92. The maximum atomic E-state index is 13.0. The second-order valence-electron chi connectivity index (χ2n) is 7.02. The maximum absolute atomic E-state index is 13.0. The van der Waals surface area contributed by atoms with E-state index in [1.54, 1.807) is 18.4 Å². The van der Waals surface area contributed by atoms with E-state index in [9.17, 15) is 9.18 Å². The zero-order valence-electron chi connectivity index (χ0n) is 14.2. The number of furan rings is 1. The molecule has 1 saturated carbocycles. The van der Waals surface area contributed by atoms with E-state index in [0.29, 0.717) is 6.54 Å². The van der Waals surface area contributed by atoms with Gasteiger partial charge in [0.2, 0.25) is 5.91 Å². The number of rotatable bonds is 6. The topological polar surface area (TPSA) is 45.5 Å². The van der Waals surface area contributed by atoms with Crippen molar-refractivity contribution in [2.45, 2.75) is 31.2 Å². The highest BCUT2D eigenvalue weighted by atomic mass is 19.1. The summed E-state index contributed by atoms with van der Waals surface area (Å²) in [4.78, 5) is 14.9. The van der Waals surface area contributed by atoms with Gasteiger partial charge in [-0.05, 0) is 68.1 Å². The number of nitrogens with one attached hydrogen (secondary N) is 1. The molecule has 1 aromatic carbocycles. The summed E-state index contributed by atoms with van der Waals surface area (Å²) in [6.45, 7) is 2.66. The largest absolute Gasteiger partial charge is 0.468 e. The zero-order chi connectivity index (χ0) is 17.2. The van der Waals surface area contributed by atoms with Crippen LogP contribution < -0.4 is 5.32 Å². The number of carbonyl (C=O) groups excluding carboxylic acids is 1. The summed E-state index contributed by atoms with van der Waals surface area (Å²) < 4.78 is 18.6. The zero-order valence-corrected chi connectivity index (χ0v) is 14.2. The molecule has 4 rings (SSSR count). The van der Waals surface area contributed by atoms with Crippen LogP contribution in [0.1, 0.15) is 42.5 Å². The first-order chi connectivity index (χ1) is 12.2. The van der Waals surface area contributed by atoms with E-state index in [4.69, 9.17) is 4.42 Å². The monoisotopic (exact) mass is 342 g/mol. The van der Waals surface area contributed by atoms with Crippen LogP contribution in [0.3, 0.4) is 0 Å². The molecule has 2 heterocycles. The van der Waals surface area contributed by atoms with Crippen LogP contribution in [0.2, 0.25) is 0 Å². The van der Waals surface area contributed by atoms with Crippen molar-refractivity contribution in [3.05, 3.63) is 59.8 Å². The highest BCUT2D eigenvalue weighted by Crippen LogP contribution is 2.47. The maximum Gasteiger partial charge on any atom is 0.223 e. The Kier molecular flexibility index (Phi) is 4.57. The van der Waals surface area contributed by atoms with E-state index in [1.807, 2.05) is 12.1 Å². The smallest absolute Gasteiger partial charge is 0.223 e. The van der Waals surface area contributed by atoms with Gasteiger partial charge in [0.05, 0.1) is 12.3 Å². The fraction of sp³-hybridized carbons (Fsp3) is 0.450. The van der Waals surface area contributed by atoms with Gasteiger partial charge in [0, 0.05) is 12.5 Å². The molecule has 132 valence electrons. The van der Waals surface area contributed by atoms with Gasteiger partial charge in [-0.15, -0.1) is 0 Å². The third-order valence-corrected chi connectivity index (χ3v) is 5.35. The van der Waals surface area contributed by atoms with E-state index in [0.717, 1.165) is 30.8 Å². The summed E-state index contributed by atoms with van der Waals surface area (Å²) >= 11 is 0. The number of nitrogens with zero attached hydrogens (tertiary/aromatic N) is 1. The summed E-state index contributed by atoms with van der Waals surface area (Å²) in [5.41, 5.74) is 1.05. The molecule has 0 unspecified atom stereocenters. The number of benzene rings is 1. The van der Waals surface area contributed by atoms with Gasteiger partial charge >= 0.3 is 0 Å². The lowest BCUT2D eigenvalue weighted by atomic mass is 10.1. The highest BCUT2D eigenvalue weighted by molar-refractivity contribution is 5.82. The first-order valence-corrected chi connectivity index (χ1v) is 9.03. The van der Waals surface area contributed by atoms with Gasteiger partial charge in [-0.25, -0.2) is 4.39 Å². The lowest BCUT2D eigenvalue weighted by Crippen LogP contribution is -2.37. The molecule has 3 atom stereocenters. The van der Waals surface area contributed by atoms with Gasteiger partial charge in [0.25, 0.3) is 0 Å². The van der Waals surface area contributed by atoms with Gasteiger partial charge < -0.3 is 9.73 Å². The van der Waals surface area contributed by atoms with Crippen LogP contribution in [0.15, 0.2) is 47.1 Å². The summed E-state index contributed by atoms with van der Waals surface area (Å²) in [7, 11) is 0. The highest BCUT2D eigenvalue weighted by Gasteiger charge is 2.44. The van der Waals surface area contributed by atoms with Crippen LogP contribution in [-0.2, 0) is 4.79 Å².